The quantitative estimate of drug-likeness (QED) is 0.658. The number of nitrogens with one attached hydrogen (secondary N) is 1. The number of Topliss-reactive ketones (excluding diaryl/α,β-unsaturated/α-hetero) is 1. The van der Waals surface area contributed by atoms with E-state index in [9.17, 15) is 23.2 Å². The maximum atomic E-state index is 13.5. The normalized spacial score (nSPS) is 22.5. The van der Waals surface area contributed by atoms with Gasteiger partial charge in [0.25, 0.3) is 0 Å². The van der Waals surface area contributed by atoms with Gasteiger partial charge in [0.2, 0.25) is 5.78 Å². The zero-order chi connectivity index (χ0) is 22.6. The first kappa shape index (κ1) is 23.5. The fourth-order valence-corrected chi connectivity index (χ4v) is 5.00. The summed E-state index contributed by atoms with van der Waals surface area (Å²) in [6, 6.07) is 9.74. The van der Waals surface area contributed by atoms with Gasteiger partial charge in [-0.3, -0.25) is 4.79 Å². The highest BCUT2D eigenvalue weighted by atomic mass is 35.5. The largest absolute Gasteiger partial charge is 0.624 e. The van der Waals surface area contributed by atoms with Crippen LogP contribution in [0.5, 0.6) is 0 Å². The van der Waals surface area contributed by atoms with Crippen LogP contribution in [0.3, 0.4) is 0 Å². The first-order chi connectivity index (χ1) is 15.2. The maximum Gasteiger partial charge on any atom is 0.416 e. The van der Waals surface area contributed by atoms with Crippen LogP contribution in [0.25, 0.3) is 0 Å². The Bertz CT molecular complexity index is 1150. The van der Waals surface area contributed by atoms with Crippen LogP contribution >= 0.6 is 11.6 Å². The van der Waals surface area contributed by atoms with Crippen LogP contribution in [0.15, 0.2) is 65.5 Å². The highest BCUT2D eigenvalue weighted by Crippen LogP contribution is 2.41. The van der Waals surface area contributed by atoms with Gasteiger partial charge in [0.1, 0.15) is 17.0 Å². The average Bonchev–Trinajstić information content (AvgIpc) is 3.31. The third-order valence-corrected chi connectivity index (χ3v) is 6.66. The second-order valence-electron chi connectivity index (χ2n) is 8.38. The van der Waals surface area contributed by atoms with Gasteiger partial charge in [0.15, 0.2) is 0 Å². The summed E-state index contributed by atoms with van der Waals surface area (Å²) in [6.45, 7) is 1.54. The molecule has 174 valence electrons. The molecule has 2 atom stereocenters. The Morgan fingerprint density at radius 2 is 1.73 bits per heavy atom. The number of rotatable bonds is 2. The van der Waals surface area contributed by atoms with Crippen molar-refractivity contribution in [2.75, 3.05) is 13.1 Å². The van der Waals surface area contributed by atoms with Crippen molar-refractivity contribution in [2.24, 2.45) is 0 Å². The van der Waals surface area contributed by atoms with Crippen molar-refractivity contribution in [1.82, 2.24) is 4.90 Å². The molecule has 0 bridgehead atoms. The van der Waals surface area contributed by atoms with E-state index in [1.165, 1.54) is 18.2 Å². The summed E-state index contributed by atoms with van der Waals surface area (Å²) in [5, 5.41) is 13.6. The second kappa shape index (κ2) is 8.61. The fourth-order valence-electron chi connectivity index (χ4n) is 4.82. The standard InChI is InChI=1S/C24H20ClF3N2O2.H2O/c25-17-7-8-19-18(13-17)23(31)22-20(29-9-1-2-10-29)11-15(12-21(22)30(19)32)14-3-5-16(6-4-14)24(26,27)28;/h3-8,11,13,15,30H,1-2,9-10,12H2;1H2. The zero-order valence-corrected chi connectivity index (χ0v) is 18.3. The minimum absolute atomic E-state index is 0. The van der Waals surface area contributed by atoms with Gasteiger partial charge in [0, 0.05) is 36.5 Å². The van der Waals surface area contributed by atoms with Crippen molar-refractivity contribution in [3.05, 3.63) is 92.4 Å². The second-order valence-corrected chi connectivity index (χ2v) is 8.81. The summed E-state index contributed by atoms with van der Waals surface area (Å²) in [4.78, 5) is 15.6. The molecule has 3 N–H and O–H groups in total. The third-order valence-electron chi connectivity index (χ3n) is 6.43. The van der Waals surface area contributed by atoms with Crippen LogP contribution in [0.1, 0.15) is 46.7 Å². The van der Waals surface area contributed by atoms with E-state index >= 15 is 0 Å². The Kier molecular flexibility index (Phi) is 6.13. The first-order valence-electron chi connectivity index (χ1n) is 10.5. The van der Waals surface area contributed by atoms with Gasteiger partial charge in [-0.2, -0.15) is 13.2 Å². The lowest BCUT2D eigenvalue weighted by Crippen LogP contribution is -3.01. The lowest BCUT2D eigenvalue weighted by atomic mass is 9.81. The molecule has 5 nitrogen and oxygen atoms in total. The van der Waals surface area contributed by atoms with Crippen LogP contribution in [-0.4, -0.2) is 29.2 Å². The maximum absolute atomic E-state index is 13.5. The lowest BCUT2D eigenvalue weighted by molar-refractivity contribution is -0.734. The number of likely N-dealkylation sites (tertiary alicyclic amines) is 1. The van der Waals surface area contributed by atoms with Crippen molar-refractivity contribution in [2.45, 2.75) is 31.4 Å². The average molecular weight is 479 g/mol. The SMILES string of the molecule is O.O=C1C2=C(CC(c3ccc(C(F)(F)F)cc3)C=C2N2CCCC2)[NH+]([O-])c2ccc(Cl)cc21. The highest BCUT2D eigenvalue weighted by Gasteiger charge is 2.40. The summed E-state index contributed by atoms with van der Waals surface area (Å²) < 4.78 is 39.0. The summed E-state index contributed by atoms with van der Waals surface area (Å²) in [5.41, 5.74) is 2.15. The van der Waals surface area contributed by atoms with Crippen molar-refractivity contribution in [3.8, 4) is 0 Å². The summed E-state index contributed by atoms with van der Waals surface area (Å²) in [7, 11) is 0. The number of hydrogen-bond acceptors (Lipinski definition) is 3. The molecule has 1 aliphatic carbocycles. The molecular weight excluding hydrogens is 457 g/mol. The number of fused-ring (bicyclic) bond motifs is 1. The Morgan fingerprint density at radius 1 is 1.06 bits per heavy atom. The van der Waals surface area contributed by atoms with E-state index in [0.29, 0.717) is 38.8 Å². The Balaban J connectivity index is 0.00000259. The minimum atomic E-state index is -4.41. The van der Waals surface area contributed by atoms with Gasteiger partial charge in [-0.15, -0.1) is 0 Å². The van der Waals surface area contributed by atoms with Crippen LogP contribution in [-0.2, 0) is 6.18 Å². The number of quaternary nitrogens is 1. The number of benzene rings is 2. The van der Waals surface area contributed by atoms with Crippen LogP contribution in [0, 0.1) is 5.21 Å². The number of alkyl halides is 3. The fraction of sp³-hybridized carbons (Fsp3) is 0.292. The van der Waals surface area contributed by atoms with Crippen molar-refractivity contribution in [1.29, 1.82) is 0 Å². The van der Waals surface area contributed by atoms with E-state index in [0.717, 1.165) is 38.1 Å². The predicted molar refractivity (Wildman–Crippen MR) is 118 cm³/mol. The van der Waals surface area contributed by atoms with Crippen molar-refractivity contribution >= 4 is 23.1 Å². The number of allylic oxidation sites excluding steroid dienone is 3. The molecule has 9 heteroatoms. The Hall–Kier alpha value is -2.65. The molecule has 1 fully saturated rings. The van der Waals surface area contributed by atoms with Crippen LogP contribution < -0.4 is 5.06 Å². The number of ketones is 1. The molecule has 2 unspecified atom stereocenters. The lowest BCUT2D eigenvalue weighted by Gasteiger charge is -2.38. The highest BCUT2D eigenvalue weighted by molar-refractivity contribution is 6.31. The Morgan fingerprint density at radius 3 is 2.36 bits per heavy atom. The monoisotopic (exact) mass is 478 g/mol. The number of carbonyl (C=O) groups excluding carboxylic acids is 1. The third kappa shape index (κ3) is 4.08. The molecule has 2 aromatic carbocycles. The molecular formula is C24H22ClF3N2O3. The number of hydroxylamine groups is 1. The van der Waals surface area contributed by atoms with Gasteiger partial charge in [-0.05, 0) is 42.7 Å². The molecule has 0 aromatic heterocycles. The number of halogens is 4. The van der Waals surface area contributed by atoms with Crippen molar-refractivity contribution < 1.29 is 28.5 Å². The predicted octanol–water partition coefficient (Wildman–Crippen LogP) is 4.17. The van der Waals surface area contributed by atoms with Gasteiger partial charge in [-0.25, -0.2) is 0 Å². The summed E-state index contributed by atoms with van der Waals surface area (Å²) in [6.07, 6.45) is -0.239. The number of hydrogen-bond donors (Lipinski definition) is 1. The van der Waals surface area contributed by atoms with E-state index in [4.69, 9.17) is 11.6 Å². The van der Waals surface area contributed by atoms with E-state index < -0.39 is 11.7 Å². The van der Waals surface area contributed by atoms with Crippen LogP contribution in [0.4, 0.5) is 18.9 Å². The molecule has 3 aliphatic rings. The summed E-state index contributed by atoms with van der Waals surface area (Å²) in [5.74, 6) is -0.515. The molecule has 2 aliphatic heterocycles. The molecule has 0 spiro atoms. The van der Waals surface area contributed by atoms with Gasteiger partial charge < -0.3 is 20.6 Å². The van der Waals surface area contributed by atoms with Crippen LogP contribution in [0.2, 0.25) is 5.02 Å². The topological polar surface area (TPSA) is 79.3 Å². The minimum Gasteiger partial charge on any atom is -0.624 e. The molecule has 2 aromatic rings. The molecule has 2 heterocycles. The van der Waals surface area contributed by atoms with E-state index in [2.05, 4.69) is 4.90 Å². The van der Waals surface area contributed by atoms with E-state index in [-0.39, 0.29) is 28.7 Å². The molecule has 0 saturated carbocycles. The zero-order valence-electron chi connectivity index (χ0n) is 17.5. The molecule has 33 heavy (non-hydrogen) atoms. The molecule has 0 amide bonds. The molecule has 0 radical (unpaired) electrons. The molecule has 5 rings (SSSR count). The van der Waals surface area contributed by atoms with E-state index in [1.807, 2.05) is 6.08 Å². The smallest absolute Gasteiger partial charge is 0.416 e. The van der Waals surface area contributed by atoms with E-state index in [1.54, 1.807) is 12.1 Å². The molecule has 1 saturated heterocycles. The van der Waals surface area contributed by atoms with Gasteiger partial charge >= 0.3 is 6.18 Å². The number of carbonyl (C=O) groups is 1. The van der Waals surface area contributed by atoms with Gasteiger partial charge in [-0.1, -0.05) is 29.8 Å². The Labute approximate surface area is 193 Å². The van der Waals surface area contributed by atoms with Gasteiger partial charge in [0.05, 0.1) is 16.8 Å². The number of nitrogens with zero attached hydrogens (tertiary/aromatic N) is 1. The van der Waals surface area contributed by atoms with Crippen molar-refractivity contribution in [3.63, 3.8) is 0 Å². The first-order valence-corrected chi connectivity index (χ1v) is 10.9. The summed E-state index contributed by atoms with van der Waals surface area (Å²) >= 11 is 6.09.